The Balaban J connectivity index is 2.78. The van der Waals surface area contributed by atoms with Crippen molar-refractivity contribution in [1.29, 1.82) is 0 Å². The van der Waals surface area contributed by atoms with E-state index in [-0.39, 0.29) is 0 Å². The summed E-state index contributed by atoms with van der Waals surface area (Å²) in [6.45, 7) is 2.87. The lowest BCUT2D eigenvalue weighted by atomic mass is 10.2. The molecule has 3 heteroatoms. The SMILES string of the molecule is Cc1c(Cl)cccc1NCCS. The molecule has 0 bridgehead atoms. The number of hydrogen-bond donors (Lipinski definition) is 2. The first-order valence-corrected chi connectivity index (χ1v) is 4.86. The number of benzene rings is 1. The van der Waals surface area contributed by atoms with Gasteiger partial charge in [0.2, 0.25) is 0 Å². The molecule has 1 nitrogen and oxygen atoms in total. The molecule has 0 aliphatic carbocycles. The van der Waals surface area contributed by atoms with Crippen LogP contribution in [-0.2, 0) is 0 Å². The first-order chi connectivity index (χ1) is 5.75. The number of anilines is 1. The number of halogens is 1. The lowest BCUT2D eigenvalue weighted by Gasteiger charge is -2.08. The molecule has 66 valence electrons. The fourth-order valence-electron chi connectivity index (χ4n) is 0.990. The van der Waals surface area contributed by atoms with E-state index in [1.807, 2.05) is 25.1 Å². The molecule has 0 aliphatic heterocycles. The summed E-state index contributed by atoms with van der Waals surface area (Å²) in [5.74, 6) is 0.825. The van der Waals surface area contributed by atoms with Gasteiger partial charge in [-0.3, -0.25) is 0 Å². The molecule has 0 fully saturated rings. The zero-order valence-electron chi connectivity index (χ0n) is 6.97. The average Bonchev–Trinajstić information content (AvgIpc) is 2.08. The first-order valence-electron chi connectivity index (χ1n) is 3.85. The van der Waals surface area contributed by atoms with E-state index in [1.54, 1.807) is 0 Å². The molecule has 0 spiro atoms. The van der Waals surface area contributed by atoms with Crippen LogP contribution < -0.4 is 5.32 Å². The highest BCUT2D eigenvalue weighted by Crippen LogP contribution is 2.22. The highest BCUT2D eigenvalue weighted by atomic mass is 35.5. The van der Waals surface area contributed by atoms with Gasteiger partial charge in [0.25, 0.3) is 0 Å². The number of rotatable bonds is 3. The average molecular weight is 202 g/mol. The van der Waals surface area contributed by atoms with E-state index in [4.69, 9.17) is 11.6 Å². The van der Waals surface area contributed by atoms with Gasteiger partial charge >= 0.3 is 0 Å². The molecule has 1 aromatic rings. The Morgan fingerprint density at radius 2 is 2.25 bits per heavy atom. The smallest absolute Gasteiger partial charge is 0.0455 e. The summed E-state index contributed by atoms with van der Waals surface area (Å²) in [4.78, 5) is 0. The third-order valence-electron chi connectivity index (χ3n) is 1.69. The summed E-state index contributed by atoms with van der Waals surface area (Å²) >= 11 is 10.0. The summed E-state index contributed by atoms with van der Waals surface area (Å²) < 4.78 is 0. The first kappa shape index (κ1) is 9.75. The van der Waals surface area contributed by atoms with E-state index in [9.17, 15) is 0 Å². The molecule has 0 unspecified atom stereocenters. The maximum absolute atomic E-state index is 5.93. The predicted molar refractivity (Wildman–Crippen MR) is 58.5 cm³/mol. The molecule has 0 aromatic heterocycles. The highest BCUT2D eigenvalue weighted by Gasteiger charge is 1.99. The maximum Gasteiger partial charge on any atom is 0.0455 e. The topological polar surface area (TPSA) is 12.0 Å². The van der Waals surface area contributed by atoms with Crippen LogP contribution in [0.4, 0.5) is 5.69 Å². The minimum absolute atomic E-state index is 0.805. The van der Waals surface area contributed by atoms with Crippen molar-refractivity contribution in [2.24, 2.45) is 0 Å². The molecule has 0 aliphatic rings. The second-order valence-corrected chi connectivity index (χ2v) is 3.42. The quantitative estimate of drug-likeness (QED) is 0.717. The lowest BCUT2D eigenvalue weighted by Crippen LogP contribution is -2.03. The van der Waals surface area contributed by atoms with Gasteiger partial charge in [-0.2, -0.15) is 12.6 Å². The molecule has 12 heavy (non-hydrogen) atoms. The molecule has 0 atom stereocenters. The third-order valence-corrected chi connectivity index (χ3v) is 2.33. The zero-order chi connectivity index (χ0) is 8.97. The molecule has 1 rings (SSSR count). The van der Waals surface area contributed by atoms with Crippen molar-refractivity contribution in [1.82, 2.24) is 0 Å². The van der Waals surface area contributed by atoms with Crippen LogP contribution in [0, 0.1) is 6.92 Å². The van der Waals surface area contributed by atoms with Crippen molar-refractivity contribution in [3.05, 3.63) is 28.8 Å². The monoisotopic (exact) mass is 201 g/mol. The second kappa shape index (κ2) is 4.63. The molecule has 0 amide bonds. The molecule has 1 N–H and O–H groups in total. The van der Waals surface area contributed by atoms with Gasteiger partial charge in [0, 0.05) is 23.0 Å². The van der Waals surface area contributed by atoms with Crippen molar-refractivity contribution < 1.29 is 0 Å². The number of thiol groups is 1. The third kappa shape index (κ3) is 2.32. The van der Waals surface area contributed by atoms with Gasteiger partial charge in [0.15, 0.2) is 0 Å². The van der Waals surface area contributed by atoms with Crippen LogP contribution >= 0.6 is 24.2 Å². The van der Waals surface area contributed by atoms with Crippen LogP contribution in [0.3, 0.4) is 0 Å². The van der Waals surface area contributed by atoms with E-state index in [0.717, 1.165) is 28.6 Å². The standard InChI is InChI=1S/C9H12ClNS/c1-7-8(10)3-2-4-9(7)11-5-6-12/h2-4,11-12H,5-6H2,1H3. The van der Waals surface area contributed by atoms with E-state index in [2.05, 4.69) is 17.9 Å². The van der Waals surface area contributed by atoms with E-state index in [0.29, 0.717) is 0 Å². The van der Waals surface area contributed by atoms with Gasteiger partial charge in [0.05, 0.1) is 0 Å². The van der Waals surface area contributed by atoms with Gasteiger partial charge in [-0.25, -0.2) is 0 Å². The molecule has 0 saturated heterocycles. The van der Waals surface area contributed by atoms with E-state index >= 15 is 0 Å². The largest absolute Gasteiger partial charge is 0.384 e. The zero-order valence-corrected chi connectivity index (χ0v) is 8.62. The van der Waals surface area contributed by atoms with Crippen molar-refractivity contribution in [2.45, 2.75) is 6.92 Å². The van der Waals surface area contributed by atoms with Crippen molar-refractivity contribution in [3.8, 4) is 0 Å². The molecule has 0 heterocycles. The Morgan fingerprint density at radius 3 is 2.92 bits per heavy atom. The highest BCUT2D eigenvalue weighted by molar-refractivity contribution is 7.80. The van der Waals surface area contributed by atoms with Crippen molar-refractivity contribution in [3.63, 3.8) is 0 Å². The van der Waals surface area contributed by atoms with Gasteiger partial charge in [0.1, 0.15) is 0 Å². The van der Waals surface area contributed by atoms with Crippen LogP contribution in [0.2, 0.25) is 5.02 Å². The Morgan fingerprint density at radius 1 is 1.50 bits per heavy atom. The number of nitrogens with one attached hydrogen (secondary N) is 1. The molecular formula is C9H12ClNS. The second-order valence-electron chi connectivity index (χ2n) is 2.56. The van der Waals surface area contributed by atoms with Gasteiger partial charge < -0.3 is 5.32 Å². The Hall–Kier alpha value is -0.340. The van der Waals surface area contributed by atoms with Crippen molar-refractivity contribution >= 4 is 29.9 Å². The van der Waals surface area contributed by atoms with Crippen LogP contribution in [0.15, 0.2) is 18.2 Å². The summed E-state index contributed by atoms with van der Waals surface area (Å²) in [5, 5.41) is 4.05. The van der Waals surface area contributed by atoms with Crippen LogP contribution in [0.5, 0.6) is 0 Å². The van der Waals surface area contributed by atoms with Crippen LogP contribution in [-0.4, -0.2) is 12.3 Å². The Labute approximate surface area is 83.5 Å². The summed E-state index contributed by atoms with van der Waals surface area (Å²) in [6.07, 6.45) is 0. The predicted octanol–water partition coefficient (Wildman–Crippen LogP) is 2.99. The minimum atomic E-state index is 0.805. The Kier molecular flexibility index (Phi) is 3.76. The van der Waals surface area contributed by atoms with Crippen LogP contribution in [0.1, 0.15) is 5.56 Å². The number of hydrogen-bond acceptors (Lipinski definition) is 2. The van der Waals surface area contributed by atoms with E-state index < -0.39 is 0 Å². The van der Waals surface area contributed by atoms with Gasteiger partial charge in [-0.1, -0.05) is 17.7 Å². The lowest BCUT2D eigenvalue weighted by molar-refractivity contribution is 1.22. The summed E-state index contributed by atoms with van der Waals surface area (Å²) in [6, 6.07) is 5.85. The van der Waals surface area contributed by atoms with Gasteiger partial charge in [-0.15, -0.1) is 0 Å². The van der Waals surface area contributed by atoms with Crippen LogP contribution in [0.25, 0.3) is 0 Å². The summed E-state index contributed by atoms with van der Waals surface area (Å²) in [5.41, 5.74) is 2.19. The summed E-state index contributed by atoms with van der Waals surface area (Å²) in [7, 11) is 0. The van der Waals surface area contributed by atoms with Gasteiger partial charge in [-0.05, 0) is 24.6 Å². The maximum atomic E-state index is 5.93. The fourth-order valence-corrected chi connectivity index (χ4v) is 1.28. The molecular weight excluding hydrogens is 190 g/mol. The molecule has 0 radical (unpaired) electrons. The normalized spacial score (nSPS) is 9.92. The molecule has 0 saturated carbocycles. The minimum Gasteiger partial charge on any atom is -0.384 e. The molecule has 1 aromatic carbocycles. The Bertz CT molecular complexity index is 263. The van der Waals surface area contributed by atoms with E-state index in [1.165, 1.54) is 0 Å². The fraction of sp³-hybridized carbons (Fsp3) is 0.333. The van der Waals surface area contributed by atoms with Crippen molar-refractivity contribution in [2.75, 3.05) is 17.6 Å².